The number of hydrogen-bond acceptors (Lipinski definition) is 5. The van der Waals surface area contributed by atoms with Crippen LogP contribution in [0.25, 0.3) is 10.8 Å². The summed E-state index contributed by atoms with van der Waals surface area (Å²) in [7, 11) is 0. The van der Waals surface area contributed by atoms with E-state index < -0.39 is 36.2 Å². The maximum absolute atomic E-state index is 13.9. The summed E-state index contributed by atoms with van der Waals surface area (Å²) >= 11 is 0. The van der Waals surface area contributed by atoms with Crippen LogP contribution in [-0.2, 0) is 14.4 Å². The quantitative estimate of drug-likeness (QED) is 0.330. The molecule has 6 rings (SSSR count). The number of fused-ring (bicyclic) bond motifs is 2. The van der Waals surface area contributed by atoms with E-state index in [0.717, 1.165) is 15.7 Å². The number of alkyl halides is 3. The molecule has 4 aromatic carbocycles. The van der Waals surface area contributed by atoms with E-state index in [1.807, 2.05) is 36.4 Å². The number of anilines is 2. The van der Waals surface area contributed by atoms with E-state index in [9.17, 15) is 22.8 Å². The minimum Gasteiger partial charge on any atom is -0.406 e. The van der Waals surface area contributed by atoms with Gasteiger partial charge in [0.2, 0.25) is 5.91 Å². The Bertz CT molecular complexity index is 1490. The molecule has 2 aliphatic heterocycles. The first kappa shape index (κ1) is 23.1. The third-order valence-corrected chi connectivity index (χ3v) is 6.59. The number of rotatable bonds is 4. The lowest BCUT2D eigenvalue weighted by atomic mass is 9.90. The van der Waals surface area contributed by atoms with E-state index in [1.54, 1.807) is 36.4 Å². The van der Waals surface area contributed by atoms with Crippen LogP contribution in [0.3, 0.4) is 0 Å². The molecule has 0 N–H and O–H groups in total. The molecule has 0 radical (unpaired) electrons. The van der Waals surface area contributed by atoms with Gasteiger partial charge in [-0.3, -0.25) is 14.4 Å². The van der Waals surface area contributed by atoms with E-state index in [4.69, 9.17) is 4.84 Å². The number of imide groups is 1. The van der Waals surface area contributed by atoms with Gasteiger partial charge in [-0.15, -0.1) is 13.2 Å². The minimum atomic E-state index is -4.83. The van der Waals surface area contributed by atoms with Gasteiger partial charge in [-0.25, -0.2) is 9.96 Å². The fourth-order valence-corrected chi connectivity index (χ4v) is 5.06. The van der Waals surface area contributed by atoms with E-state index in [1.165, 1.54) is 29.3 Å². The molecular formula is C28H19F3N2O4. The molecular weight excluding hydrogens is 485 g/mol. The Morgan fingerprint density at radius 3 is 2.16 bits per heavy atom. The molecule has 0 saturated carbocycles. The van der Waals surface area contributed by atoms with Gasteiger partial charge in [-0.1, -0.05) is 66.7 Å². The van der Waals surface area contributed by atoms with Crippen LogP contribution >= 0.6 is 0 Å². The van der Waals surface area contributed by atoms with Crippen LogP contribution in [-0.4, -0.2) is 24.3 Å². The molecule has 6 nitrogen and oxygen atoms in total. The second-order valence-corrected chi connectivity index (χ2v) is 8.78. The Labute approximate surface area is 209 Å². The van der Waals surface area contributed by atoms with Crippen molar-refractivity contribution in [2.75, 3.05) is 9.96 Å². The molecule has 0 aliphatic carbocycles. The van der Waals surface area contributed by atoms with Crippen molar-refractivity contribution in [3.63, 3.8) is 0 Å². The lowest BCUT2D eigenvalue weighted by molar-refractivity contribution is -0.274. The summed E-state index contributed by atoms with van der Waals surface area (Å²) in [6, 6.07) is 26.3. The van der Waals surface area contributed by atoms with Crippen LogP contribution < -0.4 is 14.7 Å². The third kappa shape index (κ3) is 3.97. The molecule has 2 amide bonds. The molecule has 0 aromatic heterocycles. The second kappa shape index (κ2) is 8.63. The zero-order valence-corrected chi connectivity index (χ0v) is 19.1. The SMILES string of the molecule is O=C1[C@H]2[C@H](ON(c3ccccc3)[C@@H]2c2ccc(OC(F)(F)F)cc2)C(=O)N1c1cccc2ccccc12. The van der Waals surface area contributed by atoms with Gasteiger partial charge < -0.3 is 4.74 Å². The van der Waals surface area contributed by atoms with Crippen LogP contribution in [0.4, 0.5) is 24.5 Å². The fraction of sp³-hybridized carbons (Fsp3) is 0.143. The predicted molar refractivity (Wildman–Crippen MR) is 130 cm³/mol. The van der Waals surface area contributed by atoms with Crippen molar-refractivity contribution in [3.05, 3.63) is 103 Å². The predicted octanol–water partition coefficient (Wildman–Crippen LogP) is 5.79. The Hall–Kier alpha value is -4.37. The zero-order chi connectivity index (χ0) is 25.7. The number of hydroxylamine groups is 1. The Kier molecular flexibility index (Phi) is 5.38. The average Bonchev–Trinajstić information content (AvgIpc) is 3.40. The van der Waals surface area contributed by atoms with Crippen molar-refractivity contribution in [1.29, 1.82) is 0 Å². The summed E-state index contributed by atoms with van der Waals surface area (Å²) in [6.07, 6.45) is -5.92. The maximum atomic E-state index is 13.9. The van der Waals surface area contributed by atoms with E-state index in [2.05, 4.69) is 4.74 Å². The molecule has 0 spiro atoms. The molecule has 0 bridgehead atoms. The highest BCUT2D eigenvalue weighted by Gasteiger charge is 2.60. The first-order valence-electron chi connectivity index (χ1n) is 11.5. The molecule has 3 atom stereocenters. The summed E-state index contributed by atoms with van der Waals surface area (Å²) in [4.78, 5) is 34.8. The number of ether oxygens (including phenoxy) is 1. The summed E-state index contributed by atoms with van der Waals surface area (Å²) in [5, 5.41) is 3.11. The number of carbonyl (C=O) groups is 2. The highest BCUT2D eigenvalue weighted by molar-refractivity contribution is 6.26. The number of nitrogens with zero attached hydrogens (tertiary/aromatic N) is 2. The lowest BCUT2D eigenvalue weighted by Crippen LogP contribution is -2.37. The number of halogens is 3. The molecule has 186 valence electrons. The van der Waals surface area contributed by atoms with E-state index in [0.29, 0.717) is 16.9 Å². The largest absolute Gasteiger partial charge is 0.573 e. The van der Waals surface area contributed by atoms with Crippen molar-refractivity contribution < 1.29 is 32.3 Å². The van der Waals surface area contributed by atoms with Crippen molar-refractivity contribution >= 4 is 34.0 Å². The fourth-order valence-electron chi connectivity index (χ4n) is 5.06. The van der Waals surface area contributed by atoms with Gasteiger partial charge in [0.25, 0.3) is 5.91 Å². The van der Waals surface area contributed by atoms with Crippen LogP contribution in [0.2, 0.25) is 0 Å². The average molecular weight is 504 g/mol. The second-order valence-electron chi connectivity index (χ2n) is 8.78. The first-order valence-corrected chi connectivity index (χ1v) is 11.5. The van der Waals surface area contributed by atoms with E-state index >= 15 is 0 Å². The van der Waals surface area contributed by atoms with Crippen LogP contribution in [0, 0.1) is 5.92 Å². The summed E-state index contributed by atoms with van der Waals surface area (Å²) in [5.74, 6) is -2.23. The topological polar surface area (TPSA) is 59.1 Å². The van der Waals surface area contributed by atoms with Gasteiger partial charge >= 0.3 is 6.36 Å². The van der Waals surface area contributed by atoms with Crippen molar-refractivity contribution in [2.45, 2.75) is 18.5 Å². The molecule has 2 aliphatic rings. The first-order chi connectivity index (χ1) is 17.8. The smallest absolute Gasteiger partial charge is 0.406 e. The highest BCUT2D eigenvalue weighted by Crippen LogP contribution is 2.48. The summed E-state index contributed by atoms with van der Waals surface area (Å²) in [6.45, 7) is 0. The number of hydrogen-bond donors (Lipinski definition) is 0. The molecule has 2 saturated heterocycles. The van der Waals surface area contributed by atoms with Gasteiger partial charge in [-0.05, 0) is 41.3 Å². The monoisotopic (exact) mass is 504 g/mol. The van der Waals surface area contributed by atoms with Gasteiger partial charge in [0.1, 0.15) is 11.7 Å². The van der Waals surface area contributed by atoms with Gasteiger partial charge in [0.05, 0.1) is 17.4 Å². The van der Waals surface area contributed by atoms with Gasteiger partial charge in [0, 0.05) is 5.39 Å². The number of benzene rings is 4. The highest BCUT2D eigenvalue weighted by atomic mass is 19.4. The number of amides is 2. The Morgan fingerprint density at radius 1 is 0.757 bits per heavy atom. The molecule has 2 heterocycles. The van der Waals surface area contributed by atoms with Crippen LogP contribution in [0.1, 0.15) is 11.6 Å². The molecule has 4 aromatic rings. The third-order valence-electron chi connectivity index (χ3n) is 6.59. The summed E-state index contributed by atoms with van der Waals surface area (Å²) < 4.78 is 42.0. The lowest BCUT2D eigenvalue weighted by Gasteiger charge is -2.29. The Balaban J connectivity index is 1.42. The maximum Gasteiger partial charge on any atom is 0.573 e. The van der Waals surface area contributed by atoms with Crippen molar-refractivity contribution in [2.24, 2.45) is 5.92 Å². The molecule has 0 unspecified atom stereocenters. The Morgan fingerprint density at radius 2 is 1.43 bits per heavy atom. The van der Waals surface area contributed by atoms with Crippen LogP contribution in [0.15, 0.2) is 97.1 Å². The van der Waals surface area contributed by atoms with E-state index in [-0.39, 0.29) is 5.75 Å². The van der Waals surface area contributed by atoms with Crippen LogP contribution in [0.5, 0.6) is 5.75 Å². The zero-order valence-electron chi connectivity index (χ0n) is 19.1. The standard InChI is InChI=1S/C28H19F3N2O4/c29-28(30,31)36-20-15-13-18(14-16-20)24-23-25(37-33(24)19-9-2-1-3-10-19)27(35)32(26(23)34)22-12-6-8-17-7-4-5-11-21(17)22/h1-16,23-25H/t23-,24-,25+/m1/s1. The molecule has 37 heavy (non-hydrogen) atoms. The minimum absolute atomic E-state index is 0.385. The van der Waals surface area contributed by atoms with Crippen molar-refractivity contribution in [1.82, 2.24) is 0 Å². The van der Waals surface area contributed by atoms with Gasteiger partial charge in [-0.2, -0.15) is 0 Å². The molecule has 9 heteroatoms. The number of para-hydroxylation sites is 1. The molecule has 2 fully saturated rings. The normalized spacial score (nSPS) is 21.5. The number of carbonyl (C=O) groups excluding carboxylic acids is 2. The van der Waals surface area contributed by atoms with Crippen molar-refractivity contribution in [3.8, 4) is 5.75 Å². The summed E-state index contributed by atoms with van der Waals surface area (Å²) in [5.41, 5.74) is 1.58. The van der Waals surface area contributed by atoms with Gasteiger partial charge in [0.15, 0.2) is 6.10 Å².